The zero-order chi connectivity index (χ0) is 22.9. The number of carbonyl (C=O) groups excluding carboxylic acids is 2. The molecule has 1 aliphatic rings. The summed E-state index contributed by atoms with van der Waals surface area (Å²) in [4.78, 5) is 27.7. The van der Waals surface area contributed by atoms with E-state index in [2.05, 4.69) is 16.6 Å². The Morgan fingerprint density at radius 1 is 1.26 bits per heavy atom. The van der Waals surface area contributed by atoms with Crippen LogP contribution < -0.4 is 10.0 Å². The van der Waals surface area contributed by atoms with E-state index in [0.717, 1.165) is 18.6 Å². The number of nitrogens with one attached hydrogen (secondary N) is 2. The van der Waals surface area contributed by atoms with Crippen LogP contribution in [0.4, 0.5) is 4.39 Å². The van der Waals surface area contributed by atoms with Crippen LogP contribution in [0, 0.1) is 5.82 Å². The van der Waals surface area contributed by atoms with Gasteiger partial charge in [-0.15, -0.1) is 6.58 Å². The number of hydrogen-bond donors (Lipinski definition) is 2. The van der Waals surface area contributed by atoms with E-state index in [4.69, 9.17) is 4.74 Å². The molecule has 0 saturated carbocycles. The highest BCUT2D eigenvalue weighted by molar-refractivity contribution is 7.89. The lowest BCUT2D eigenvalue weighted by Gasteiger charge is -2.34. The molecule has 0 radical (unpaired) electrons. The van der Waals surface area contributed by atoms with Crippen LogP contribution in [0.5, 0.6) is 0 Å². The van der Waals surface area contributed by atoms with Gasteiger partial charge in [-0.3, -0.25) is 14.5 Å². The fourth-order valence-corrected chi connectivity index (χ4v) is 4.18. The molecule has 1 aromatic rings. The topological polar surface area (TPSA) is 108 Å². The van der Waals surface area contributed by atoms with Gasteiger partial charge in [0.1, 0.15) is 10.7 Å². The minimum absolute atomic E-state index is 0.0537. The van der Waals surface area contributed by atoms with Gasteiger partial charge in [0.2, 0.25) is 15.9 Å². The molecule has 0 atom stereocenters. The molecular weight excluding hydrogens is 427 g/mol. The third-order valence-corrected chi connectivity index (χ3v) is 6.20. The van der Waals surface area contributed by atoms with Gasteiger partial charge in [-0.1, -0.05) is 6.08 Å². The molecule has 2 N–H and O–H groups in total. The van der Waals surface area contributed by atoms with Crippen molar-refractivity contribution < 1.29 is 27.1 Å². The maximum absolute atomic E-state index is 14.1. The summed E-state index contributed by atoms with van der Waals surface area (Å²) in [5.41, 5.74) is 0.0877. The van der Waals surface area contributed by atoms with Gasteiger partial charge in [0.25, 0.3) is 5.91 Å². The van der Waals surface area contributed by atoms with E-state index in [1.807, 2.05) is 4.90 Å². The lowest BCUT2D eigenvalue weighted by atomic mass is 10.1. The number of ether oxygens (including phenoxy) is 1. The van der Waals surface area contributed by atoms with Crippen molar-refractivity contribution in [2.24, 2.45) is 0 Å². The van der Waals surface area contributed by atoms with Gasteiger partial charge in [0.05, 0.1) is 6.54 Å². The monoisotopic (exact) mass is 456 g/mol. The number of benzene rings is 1. The molecule has 11 heteroatoms. The Hall–Kier alpha value is -2.34. The molecule has 9 nitrogen and oxygen atoms in total. The predicted octanol–water partition coefficient (Wildman–Crippen LogP) is 0.201. The molecule has 0 bridgehead atoms. The van der Waals surface area contributed by atoms with E-state index in [1.165, 1.54) is 12.1 Å². The van der Waals surface area contributed by atoms with Crippen molar-refractivity contribution in [3.63, 3.8) is 0 Å². The molecule has 0 spiro atoms. The first kappa shape index (κ1) is 24.9. The van der Waals surface area contributed by atoms with Crippen molar-refractivity contribution in [3.05, 3.63) is 42.2 Å². The number of rotatable bonds is 11. The first-order chi connectivity index (χ1) is 14.8. The van der Waals surface area contributed by atoms with E-state index in [0.29, 0.717) is 39.3 Å². The van der Waals surface area contributed by atoms with Crippen molar-refractivity contribution in [3.8, 4) is 0 Å². The van der Waals surface area contributed by atoms with E-state index in [-0.39, 0.29) is 30.5 Å². The number of methoxy groups -OCH3 is 1. The summed E-state index contributed by atoms with van der Waals surface area (Å²) >= 11 is 0. The number of amides is 2. The summed E-state index contributed by atoms with van der Waals surface area (Å²) < 4.78 is 45.7. The second kappa shape index (κ2) is 11.9. The van der Waals surface area contributed by atoms with Crippen LogP contribution in [0.1, 0.15) is 16.8 Å². The van der Waals surface area contributed by atoms with Crippen LogP contribution in [0.3, 0.4) is 0 Å². The Bertz CT molecular complexity index is 886. The van der Waals surface area contributed by atoms with Gasteiger partial charge in [-0.25, -0.2) is 17.5 Å². The number of nitrogens with zero attached hydrogens (tertiary/aromatic N) is 2. The lowest BCUT2D eigenvalue weighted by molar-refractivity contribution is -0.122. The van der Waals surface area contributed by atoms with Crippen LogP contribution >= 0.6 is 0 Å². The first-order valence-corrected chi connectivity index (χ1v) is 11.4. The largest absolute Gasteiger partial charge is 0.385 e. The Kier molecular flexibility index (Phi) is 9.56. The highest BCUT2D eigenvalue weighted by Crippen LogP contribution is 2.18. The van der Waals surface area contributed by atoms with Crippen LogP contribution in [0.15, 0.2) is 35.7 Å². The van der Waals surface area contributed by atoms with Crippen molar-refractivity contribution in [1.82, 2.24) is 19.8 Å². The Morgan fingerprint density at radius 3 is 2.61 bits per heavy atom. The normalized spacial score (nSPS) is 15.0. The molecule has 1 fully saturated rings. The van der Waals surface area contributed by atoms with E-state index < -0.39 is 20.7 Å². The zero-order valence-electron chi connectivity index (χ0n) is 17.6. The first-order valence-electron chi connectivity index (χ1n) is 9.96. The van der Waals surface area contributed by atoms with Crippen molar-refractivity contribution in [1.29, 1.82) is 0 Å². The second-order valence-corrected chi connectivity index (χ2v) is 8.79. The summed E-state index contributed by atoms with van der Waals surface area (Å²) in [5.74, 6) is -1.41. The van der Waals surface area contributed by atoms with Crippen molar-refractivity contribution >= 4 is 21.8 Å². The SMILES string of the molecule is C=CCNS(=O)(=O)c1cc(C(=O)N2CCN(CC(=O)NCCCOC)CC2)ccc1F. The summed E-state index contributed by atoms with van der Waals surface area (Å²) in [6, 6.07) is 3.28. The third kappa shape index (κ3) is 7.39. The zero-order valence-corrected chi connectivity index (χ0v) is 18.4. The maximum Gasteiger partial charge on any atom is 0.253 e. The van der Waals surface area contributed by atoms with Crippen molar-refractivity contribution in [2.45, 2.75) is 11.3 Å². The standard InChI is InChI=1S/C20H29FN4O5S/c1-3-7-23-31(28,29)18-14-16(5-6-17(18)21)20(27)25-11-9-24(10-12-25)15-19(26)22-8-4-13-30-2/h3,5-6,14,23H,1,4,7-13,15H2,2H3,(H,22,26). The highest BCUT2D eigenvalue weighted by Gasteiger charge is 2.26. The smallest absolute Gasteiger partial charge is 0.253 e. The average Bonchev–Trinajstić information content (AvgIpc) is 2.75. The van der Waals surface area contributed by atoms with Gasteiger partial charge in [-0.05, 0) is 24.6 Å². The molecule has 1 aliphatic heterocycles. The summed E-state index contributed by atoms with van der Waals surface area (Å²) in [5, 5.41) is 2.82. The highest BCUT2D eigenvalue weighted by atomic mass is 32.2. The summed E-state index contributed by atoms with van der Waals surface area (Å²) in [7, 11) is -2.50. The Balaban J connectivity index is 1.93. The van der Waals surface area contributed by atoms with Gasteiger partial charge in [0.15, 0.2) is 0 Å². The molecule has 0 aliphatic carbocycles. The Labute approximate surface area is 182 Å². The third-order valence-electron chi connectivity index (χ3n) is 4.76. The molecule has 0 unspecified atom stereocenters. The molecular formula is C20H29FN4O5S. The molecule has 31 heavy (non-hydrogen) atoms. The number of piperazine rings is 1. The average molecular weight is 457 g/mol. The summed E-state index contributed by atoms with van der Waals surface area (Å²) in [6.45, 7) is 6.49. The van der Waals surface area contributed by atoms with Gasteiger partial charge >= 0.3 is 0 Å². The van der Waals surface area contributed by atoms with E-state index in [9.17, 15) is 22.4 Å². The van der Waals surface area contributed by atoms with Gasteiger partial charge in [0, 0.05) is 58.5 Å². The minimum Gasteiger partial charge on any atom is -0.385 e. The Morgan fingerprint density at radius 2 is 1.97 bits per heavy atom. The second-order valence-electron chi connectivity index (χ2n) is 7.05. The summed E-state index contributed by atoms with van der Waals surface area (Å²) in [6.07, 6.45) is 2.08. The molecule has 2 amide bonds. The molecule has 2 rings (SSSR count). The van der Waals surface area contributed by atoms with Crippen molar-refractivity contribution in [2.75, 3.05) is 59.5 Å². The number of sulfonamides is 1. The molecule has 1 heterocycles. The van der Waals surface area contributed by atoms with Crippen LogP contribution in [-0.4, -0.2) is 89.6 Å². The van der Waals surface area contributed by atoms with E-state index >= 15 is 0 Å². The number of carbonyl (C=O) groups is 2. The fraction of sp³-hybridized carbons (Fsp3) is 0.500. The quantitative estimate of drug-likeness (QED) is 0.364. The number of hydrogen-bond acceptors (Lipinski definition) is 6. The predicted molar refractivity (Wildman–Crippen MR) is 114 cm³/mol. The number of halogens is 1. The van der Waals surface area contributed by atoms with E-state index in [1.54, 1.807) is 12.0 Å². The van der Waals surface area contributed by atoms with Crippen LogP contribution in [0.25, 0.3) is 0 Å². The molecule has 0 aromatic heterocycles. The molecule has 1 saturated heterocycles. The minimum atomic E-state index is -4.10. The van der Waals surface area contributed by atoms with Gasteiger partial charge < -0.3 is 15.0 Å². The van der Waals surface area contributed by atoms with Gasteiger partial charge in [-0.2, -0.15) is 0 Å². The van der Waals surface area contributed by atoms with Crippen LogP contribution in [0.2, 0.25) is 0 Å². The maximum atomic E-state index is 14.1. The van der Waals surface area contributed by atoms with Crippen LogP contribution in [-0.2, 0) is 19.6 Å². The molecule has 172 valence electrons. The molecule has 1 aromatic carbocycles. The lowest BCUT2D eigenvalue weighted by Crippen LogP contribution is -2.51. The fourth-order valence-electron chi connectivity index (χ4n) is 3.08.